The maximum Gasteiger partial charge on any atom is 0.356 e. The van der Waals surface area contributed by atoms with Gasteiger partial charge in [0.2, 0.25) is 0 Å². The highest BCUT2D eigenvalue weighted by atomic mass is 32.2. The van der Waals surface area contributed by atoms with E-state index in [-0.39, 0.29) is 5.03 Å². The lowest BCUT2D eigenvalue weighted by atomic mass is 10.3. The minimum atomic E-state index is -4.03. The summed E-state index contributed by atoms with van der Waals surface area (Å²) in [5.41, 5.74) is 0. The molecule has 0 aliphatic rings. The van der Waals surface area contributed by atoms with Crippen LogP contribution in [0.15, 0.2) is 72.1 Å². The number of hydrogen-bond acceptors (Lipinski definition) is 6. The van der Waals surface area contributed by atoms with Crippen LogP contribution in [0.4, 0.5) is 0 Å². The zero-order chi connectivity index (χ0) is 15.1. The molecule has 0 unspecified atom stereocenters. The first kappa shape index (κ1) is 14.7. The number of ether oxygens (including phenoxy) is 1. The number of esters is 1. The molecule has 0 atom stereocenters. The standard InChI is InChI=1S/C14H11NO5S/c16-14(20-12-6-2-1-3-7-12)9-11-19-21(17,18)13-8-4-5-10-15-13/h1-11H. The van der Waals surface area contributed by atoms with Gasteiger partial charge in [-0.25, -0.2) is 9.78 Å². The first-order valence-corrected chi connectivity index (χ1v) is 7.26. The molecule has 1 aromatic heterocycles. The van der Waals surface area contributed by atoms with Gasteiger partial charge in [0, 0.05) is 6.20 Å². The summed E-state index contributed by atoms with van der Waals surface area (Å²) in [4.78, 5) is 15.1. The topological polar surface area (TPSA) is 82.6 Å². The summed E-state index contributed by atoms with van der Waals surface area (Å²) in [6.07, 6.45) is 2.94. The molecule has 2 rings (SSSR count). The number of benzene rings is 1. The summed E-state index contributed by atoms with van der Waals surface area (Å²) in [6.45, 7) is 0. The van der Waals surface area contributed by atoms with Crippen molar-refractivity contribution in [1.29, 1.82) is 0 Å². The third kappa shape index (κ3) is 4.43. The Labute approximate surface area is 121 Å². The molecule has 0 saturated carbocycles. The molecule has 0 fully saturated rings. The van der Waals surface area contributed by atoms with Crippen molar-refractivity contribution >= 4 is 16.1 Å². The average molecular weight is 305 g/mol. The number of rotatable bonds is 5. The van der Waals surface area contributed by atoms with Crippen LogP contribution < -0.4 is 4.74 Å². The van der Waals surface area contributed by atoms with Crippen LogP contribution in [0.3, 0.4) is 0 Å². The molecular formula is C14H11NO5S. The van der Waals surface area contributed by atoms with E-state index in [0.29, 0.717) is 5.75 Å². The summed E-state index contributed by atoms with van der Waals surface area (Å²) in [7, 11) is -4.03. The van der Waals surface area contributed by atoms with Gasteiger partial charge in [-0.3, -0.25) is 0 Å². The van der Waals surface area contributed by atoms with Gasteiger partial charge in [0.15, 0.2) is 5.03 Å². The second kappa shape index (κ2) is 6.67. The fraction of sp³-hybridized carbons (Fsp3) is 0. The van der Waals surface area contributed by atoms with Gasteiger partial charge in [-0.15, -0.1) is 0 Å². The normalized spacial score (nSPS) is 11.2. The van der Waals surface area contributed by atoms with Gasteiger partial charge in [-0.05, 0) is 24.3 Å². The minimum Gasteiger partial charge on any atom is -0.423 e. The zero-order valence-corrected chi connectivity index (χ0v) is 11.6. The molecule has 1 heterocycles. The summed E-state index contributed by atoms with van der Waals surface area (Å²) in [5.74, 6) is -0.405. The molecule has 0 aliphatic carbocycles. The van der Waals surface area contributed by atoms with E-state index < -0.39 is 16.1 Å². The van der Waals surface area contributed by atoms with Crippen molar-refractivity contribution in [2.45, 2.75) is 5.03 Å². The van der Waals surface area contributed by atoms with Crippen LogP contribution in [0.2, 0.25) is 0 Å². The molecule has 0 bridgehead atoms. The molecule has 0 N–H and O–H groups in total. The monoisotopic (exact) mass is 305 g/mol. The quantitative estimate of drug-likeness (QED) is 0.276. The molecule has 7 heteroatoms. The molecule has 1 aromatic carbocycles. The highest BCUT2D eigenvalue weighted by Gasteiger charge is 2.15. The van der Waals surface area contributed by atoms with Gasteiger partial charge >= 0.3 is 16.1 Å². The number of pyridine rings is 1. The van der Waals surface area contributed by atoms with Gasteiger partial charge < -0.3 is 8.92 Å². The Balaban J connectivity index is 1.95. The van der Waals surface area contributed by atoms with E-state index in [0.717, 1.165) is 12.3 Å². The molecule has 0 amide bonds. The van der Waals surface area contributed by atoms with Gasteiger partial charge in [0.25, 0.3) is 0 Å². The highest BCUT2D eigenvalue weighted by molar-refractivity contribution is 7.86. The van der Waals surface area contributed by atoms with Crippen LogP contribution in [0.25, 0.3) is 0 Å². The van der Waals surface area contributed by atoms with Gasteiger partial charge in [0.1, 0.15) is 12.0 Å². The van der Waals surface area contributed by atoms with Crippen LogP contribution >= 0.6 is 0 Å². The highest BCUT2D eigenvalue weighted by Crippen LogP contribution is 2.10. The number of para-hydroxylation sites is 1. The van der Waals surface area contributed by atoms with E-state index in [9.17, 15) is 13.2 Å². The first-order chi connectivity index (χ1) is 10.1. The van der Waals surface area contributed by atoms with Crippen LogP contribution in [0.1, 0.15) is 0 Å². The zero-order valence-electron chi connectivity index (χ0n) is 10.7. The van der Waals surface area contributed by atoms with Crippen molar-refractivity contribution in [2.24, 2.45) is 0 Å². The van der Waals surface area contributed by atoms with Gasteiger partial charge in [-0.1, -0.05) is 24.3 Å². The maximum atomic E-state index is 11.7. The first-order valence-electron chi connectivity index (χ1n) is 5.86. The number of carbonyl (C=O) groups excluding carboxylic acids is 1. The lowest BCUT2D eigenvalue weighted by Gasteiger charge is -2.02. The molecule has 0 spiro atoms. The Kier molecular flexibility index (Phi) is 4.68. The van der Waals surface area contributed by atoms with Crippen LogP contribution in [0.5, 0.6) is 5.75 Å². The van der Waals surface area contributed by atoms with Crippen LogP contribution in [-0.4, -0.2) is 19.4 Å². The van der Waals surface area contributed by atoms with Crippen molar-refractivity contribution in [3.8, 4) is 5.75 Å². The van der Waals surface area contributed by atoms with Crippen LogP contribution in [0, 0.1) is 0 Å². The predicted molar refractivity (Wildman–Crippen MR) is 73.7 cm³/mol. The van der Waals surface area contributed by atoms with Crippen molar-refractivity contribution < 1.29 is 22.1 Å². The van der Waals surface area contributed by atoms with Crippen LogP contribution in [-0.2, 0) is 19.1 Å². The largest absolute Gasteiger partial charge is 0.423 e. The summed E-state index contributed by atoms with van der Waals surface area (Å²) in [5, 5.41) is -0.244. The lowest BCUT2D eigenvalue weighted by molar-refractivity contribution is -0.129. The number of aromatic nitrogens is 1. The van der Waals surface area contributed by atoms with Crippen molar-refractivity contribution in [3.05, 3.63) is 67.1 Å². The van der Waals surface area contributed by atoms with E-state index in [1.54, 1.807) is 36.4 Å². The van der Waals surface area contributed by atoms with Crippen molar-refractivity contribution in [2.75, 3.05) is 0 Å². The summed E-state index contributed by atoms with van der Waals surface area (Å²) in [6, 6.07) is 12.7. The Hall–Kier alpha value is -2.67. The average Bonchev–Trinajstić information content (AvgIpc) is 2.49. The van der Waals surface area contributed by atoms with Gasteiger partial charge in [0.05, 0.1) is 6.08 Å². The Morgan fingerprint density at radius 2 is 1.76 bits per heavy atom. The van der Waals surface area contributed by atoms with Crippen molar-refractivity contribution in [3.63, 3.8) is 0 Å². The predicted octanol–water partition coefficient (Wildman–Crippen LogP) is 1.91. The second-order valence-corrected chi connectivity index (χ2v) is 5.27. The Morgan fingerprint density at radius 3 is 2.43 bits per heavy atom. The maximum absolute atomic E-state index is 11.7. The molecule has 0 radical (unpaired) electrons. The third-order valence-electron chi connectivity index (χ3n) is 2.24. The third-order valence-corrected chi connectivity index (χ3v) is 3.36. The molecule has 2 aromatic rings. The van der Waals surface area contributed by atoms with E-state index in [4.69, 9.17) is 4.74 Å². The van der Waals surface area contributed by atoms with E-state index >= 15 is 0 Å². The fourth-order valence-electron chi connectivity index (χ4n) is 1.34. The molecule has 108 valence electrons. The Morgan fingerprint density at radius 1 is 1.05 bits per heavy atom. The molecular weight excluding hydrogens is 294 g/mol. The molecule has 21 heavy (non-hydrogen) atoms. The fourth-order valence-corrected chi connectivity index (χ4v) is 2.08. The second-order valence-electron chi connectivity index (χ2n) is 3.76. The molecule has 0 aliphatic heterocycles. The Bertz CT molecular complexity index is 726. The minimum absolute atomic E-state index is 0.244. The SMILES string of the molecule is O=C(C=COS(=O)(=O)c1ccccn1)Oc1ccccc1. The van der Waals surface area contributed by atoms with Crippen molar-refractivity contribution in [1.82, 2.24) is 4.98 Å². The summed E-state index contributed by atoms with van der Waals surface area (Å²) < 4.78 is 32.8. The number of carbonyl (C=O) groups is 1. The smallest absolute Gasteiger partial charge is 0.356 e. The summed E-state index contributed by atoms with van der Waals surface area (Å²) >= 11 is 0. The van der Waals surface area contributed by atoms with E-state index in [1.165, 1.54) is 18.3 Å². The van der Waals surface area contributed by atoms with E-state index in [2.05, 4.69) is 9.17 Å². The molecule has 6 nitrogen and oxygen atoms in total. The number of nitrogens with zero attached hydrogens (tertiary/aromatic N) is 1. The number of hydrogen-bond donors (Lipinski definition) is 0. The van der Waals surface area contributed by atoms with Gasteiger partial charge in [-0.2, -0.15) is 8.42 Å². The molecule has 0 saturated heterocycles. The van der Waals surface area contributed by atoms with E-state index in [1.807, 2.05) is 0 Å². The lowest BCUT2D eigenvalue weighted by Crippen LogP contribution is -2.07.